The van der Waals surface area contributed by atoms with Crippen LogP contribution in [-0.2, 0) is 0 Å². The Balaban J connectivity index is 2.16. The van der Waals surface area contributed by atoms with Gasteiger partial charge in [-0.2, -0.15) is 5.10 Å². The number of fused-ring (bicyclic) bond motifs is 1. The average Bonchev–Trinajstić information content (AvgIpc) is 2.97. The summed E-state index contributed by atoms with van der Waals surface area (Å²) >= 11 is 3.46. The number of hydrogen-bond acceptors (Lipinski definition) is 4. The van der Waals surface area contributed by atoms with Crippen molar-refractivity contribution in [1.82, 2.24) is 10.2 Å². The minimum Gasteiger partial charge on any atom is -0.477 e. The van der Waals surface area contributed by atoms with Crippen molar-refractivity contribution in [3.63, 3.8) is 0 Å². The van der Waals surface area contributed by atoms with Crippen molar-refractivity contribution in [2.75, 3.05) is 6.79 Å². The lowest BCUT2D eigenvalue weighted by molar-refractivity contribution is 0.0690. The summed E-state index contributed by atoms with van der Waals surface area (Å²) in [7, 11) is 0. The Morgan fingerprint density at radius 1 is 1.47 bits per heavy atom. The summed E-state index contributed by atoms with van der Waals surface area (Å²) in [6, 6.07) is 3.33. The number of nitrogens with one attached hydrogen (secondary N) is 1. The highest BCUT2D eigenvalue weighted by Crippen LogP contribution is 2.46. The molecule has 0 atom stereocenters. The second-order valence-corrected chi connectivity index (χ2v) is 4.88. The van der Waals surface area contributed by atoms with E-state index < -0.39 is 5.97 Å². The van der Waals surface area contributed by atoms with Crippen LogP contribution in [0.15, 0.2) is 16.6 Å². The summed E-state index contributed by atoms with van der Waals surface area (Å²) in [5.74, 6) is 0.232. The third-order valence-corrected chi connectivity index (χ3v) is 3.62. The van der Waals surface area contributed by atoms with Crippen molar-refractivity contribution in [1.29, 1.82) is 0 Å². The number of nitrogens with zero attached hydrogens (tertiary/aromatic N) is 1. The SMILES string of the molecule is Cc1cc2c(c(Br)c1-c1cc(C(=O)O)[nH]n1)OCO2. The number of benzene rings is 1. The minimum atomic E-state index is -1.05. The van der Waals surface area contributed by atoms with Gasteiger partial charge in [0.2, 0.25) is 6.79 Å². The number of rotatable bonds is 2. The van der Waals surface area contributed by atoms with Crippen LogP contribution in [0, 0.1) is 6.92 Å². The number of carboxylic acid groups (broad SMARTS) is 1. The number of carboxylic acids is 1. The summed E-state index contributed by atoms with van der Waals surface area (Å²) < 4.78 is 11.4. The first kappa shape index (κ1) is 12.0. The van der Waals surface area contributed by atoms with Crippen LogP contribution >= 0.6 is 15.9 Å². The zero-order valence-electron chi connectivity index (χ0n) is 9.86. The molecular formula is C12H9BrN2O4. The second kappa shape index (κ2) is 4.27. The molecular weight excluding hydrogens is 316 g/mol. The monoisotopic (exact) mass is 324 g/mol. The smallest absolute Gasteiger partial charge is 0.353 e. The molecule has 0 unspecified atom stereocenters. The number of aryl methyl sites for hydroxylation is 1. The third-order valence-electron chi connectivity index (χ3n) is 2.87. The molecule has 0 radical (unpaired) electrons. The predicted octanol–water partition coefficient (Wildman–Crippen LogP) is 2.57. The largest absolute Gasteiger partial charge is 0.477 e. The Kier molecular flexibility index (Phi) is 2.70. The van der Waals surface area contributed by atoms with Crippen molar-refractivity contribution in [2.24, 2.45) is 0 Å². The fraction of sp³-hybridized carbons (Fsp3) is 0.167. The van der Waals surface area contributed by atoms with Gasteiger partial charge in [-0.25, -0.2) is 4.79 Å². The van der Waals surface area contributed by atoms with E-state index in [4.69, 9.17) is 14.6 Å². The lowest BCUT2D eigenvalue weighted by Crippen LogP contribution is -1.95. The van der Waals surface area contributed by atoms with Crippen molar-refractivity contribution in [3.05, 3.63) is 27.9 Å². The van der Waals surface area contributed by atoms with Crippen LogP contribution in [0.4, 0.5) is 0 Å². The number of hydrogen-bond donors (Lipinski definition) is 2. The molecule has 2 aromatic rings. The number of ether oxygens (including phenoxy) is 2. The fourth-order valence-electron chi connectivity index (χ4n) is 2.00. The molecule has 2 N–H and O–H groups in total. The summed E-state index contributed by atoms with van der Waals surface area (Å²) in [4.78, 5) is 10.9. The number of halogens is 1. The van der Waals surface area contributed by atoms with Gasteiger partial charge in [0.05, 0.1) is 10.2 Å². The Labute approximate surface area is 116 Å². The minimum absolute atomic E-state index is 0.0407. The molecule has 1 aliphatic heterocycles. The zero-order valence-corrected chi connectivity index (χ0v) is 11.4. The number of aromatic amines is 1. The number of H-pyrrole nitrogens is 1. The van der Waals surface area contributed by atoms with Gasteiger partial charge in [0.25, 0.3) is 0 Å². The molecule has 1 aliphatic rings. The van der Waals surface area contributed by atoms with Gasteiger partial charge in [0, 0.05) is 5.56 Å². The number of aromatic nitrogens is 2. The third kappa shape index (κ3) is 1.86. The molecule has 19 heavy (non-hydrogen) atoms. The van der Waals surface area contributed by atoms with Gasteiger partial charge >= 0.3 is 5.97 Å². The summed E-state index contributed by atoms with van der Waals surface area (Å²) in [6.45, 7) is 2.08. The Morgan fingerprint density at radius 3 is 2.95 bits per heavy atom. The molecule has 98 valence electrons. The predicted molar refractivity (Wildman–Crippen MR) is 69.5 cm³/mol. The van der Waals surface area contributed by atoms with E-state index in [1.807, 2.05) is 13.0 Å². The molecule has 0 saturated carbocycles. The van der Waals surface area contributed by atoms with Crippen LogP contribution in [-0.4, -0.2) is 28.1 Å². The van der Waals surface area contributed by atoms with Gasteiger partial charge in [0.15, 0.2) is 11.5 Å². The van der Waals surface area contributed by atoms with Crippen LogP contribution in [0.5, 0.6) is 11.5 Å². The Morgan fingerprint density at radius 2 is 2.26 bits per heavy atom. The topological polar surface area (TPSA) is 84.4 Å². The van der Waals surface area contributed by atoms with Gasteiger partial charge in [0.1, 0.15) is 5.69 Å². The van der Waals surface area contributed by atoms with E-state index in [1.165, 1.54) is 6.07 Å². The van der Waals surface area contributed by atoms with E-state index in [1.54, 1.807) is 0 Å². The highest BCUT2D eigenvalue weighted by atomic mass is 79.9. The maximum absolute atomic E-state index is 10.9. The molecule has 6 nitrogen and oxygen atoms in total. The van der Waals surface area contributed by atoms with Crippen LogP contribution < -0.4 is 9.47 Å². The van der Waals surface area contributed by atoms with Crippen molar-refractivity contribution >= 4 is 21.9 Å². The van der Waals surface area contributed by atoms with Gasteiger partial charge in [-0.3, -0.25) is 5.10 Å². The lowest BCUT2D eigenvalue weighted by atomic mass is 10.0. The molecule has 0 fully saturated rings. The Hall–Kier alpha value is -2.02. The quantitative estimate of drug-likeness (QED) is 0.886. The standard InChI is InChI=1S/C12H9BrN2O4/c1-5-2-8-11(19-4-18-8)10(13)9(5)6-3-7(12(16)17)15-14-6/h2-3H,4H2,1H3,(H,14,15)(H,16,17). The molecule has 0 amide bonds. The van der Waals surface area contributed by atoms with Crippen molar-refractivity contribution in [2.45, 2.75) is 6.92 Å². The van der Waals surface area contributed by atoms with Gasteiger partial charge in [-0.05, 0) is 40.5 Å². The van der Waals surface area contributed by atoms with Crippen LogP contribution in [0.25, 0.3) is 11.3 Å². The zero-order chi connectivity index (χ0) is 13.6. The molecule has 3 rings (SSSR count). The van der Waals surface area contributed by atoms with Crippen molar-refractivity contribution in [3.8, 4) is 22.8 Å². The van der Waals surface area contributed by atoms with Gasteiger partial charge in [-0.15, -0.1) is 0 Å². The maximum atomic E-state index is 10.9. The Bertz CT molecular complexity index is 681. The van der Waals surface area contributed by atoms with Crippen LogP contribution in [0.3, 0.4) is 0 Å². The fourth-order valence-corrected chi connectivity index (χ4v) is 2.82. The average molecular weight is 325 g/mol. The summed E-state index contributed by atoms with van der Waals surface area (Å²) in [5, 5.41) is 15.4. The summed E-state index contributed by atoms with van der Waals surface area (Å²) in [5.41, 5.74) is 2.28. The first-order chi connectivity index (χ1) is 9.08. The van der Waals surface area contributed by atoms with Crippen molar-refractivity contribution < 1.29 is 19.4 Å². The normalized spacial score (nSPS) is 12.7. The summed E-state index contributed by atoms with van der Waals surface area (Å²) in [6.07, 6.45) is 0. The first-order valence-corrected chi connectivity index (χ1v) is 6.25. The molecule has 1 aromatic heterocycles. The van der Waals surface area contributed by atoms with E-state index in [0.29, 0.717) is 21.7 Å². The molecule has 0 saturated heterocycles. The first-order valence-electron chi connectivity index (χ1n) is 5.45. The van der Waals surface area contributed by atoms with Gasteiger partial charge in [-0.1, -0.05) is 0 Å². The molecule has 0 spiro atoms. The molecule has 2 heterocycles. The van der Waals surface area contributed by atoms with Crippen LogP contribution in [0.2, 0.25) is 0 Å². The number of aromatic carboxylic acids is 1. The van der Waals surface area contributed by atoms with E-state index in [0.717, 1.165) is 11.1 Å². The lowest BCUT2D eigenvalue weighted by Gasteiger charge is -2.08. The second-order valence-electron chi connectivity index (χ2n) is 4.09. The number of carbonyl (C=O) groups is 1. The molecule has 7 heteroatoms. The van der Waals surface area contributed by atoms with E-state index in [-0.39, 0.29) is 12.5 Å². The van der Waals surface area contributed by atoms with Crippen LogP contribution in [0.1, 0.15) is 16.1 Å². The highest BCUT2D eigenvalue weighted by Gasteiger charge is 2.24. The highest BCUT2D eigenvalue weighted by molar-refractivity contribution is 9.10. The van der Waals surface area contributed by atoms with E-state index in [9.17, 15) is 4.79 Å². The molecule has 0 bridgehead atoms. The van der Waals surface area contributed by atoms with Gasteiger partial charge < -0.3 is 14.6 Å². The maximum Gasteiger partial charge on any atom is 0.353 e. The molecule has 0 aliphatic carbocycles. The van der Waals surface area contributed by atoms with E-state index >= 15 is 0 Å². The molecule has 1 aromatic carbocycles. The van der Waals surface area contributed by atoms with E-state index in [2.05, 4.69) is 26.1 Å².